The van der Waals surface area contributed by atoms with Crippen LogP contribution in [0.3, 0.4) is 0 Å². The van der Waals surface area contributed by atoms with Crippen LogP contribution in [0.5, 0.6) is 11.5 Å². The SMILES string of the molecule is COc1cc(OC)cc(N(C)C(=O)/C(=C\C=C\c2ccccc2)C(=O)c2ccc(CC(C)C)cc2)c1. The van der Waals surface area contributed by atoms with Crippen LogP contribution in [-0.2, 0) is 11.2 Å². The number of rotatable bonds is 10. The summed E-state index contributed by atoms with van der Waals surface area (Å²) in [5.41, 5.74) is 3.20. The van der Waals surface area contributed by atoms with Gasteiger partial charge in [-0.25, -0.2) is 0 Å². The Balaban J connectivity index is 1.97. The molecule has 0 fully saturated rings. The number of ketones is 1. The van der Waals surface area contributed by atoms with Gasteiger partial charge in [-0.3, -0.25) is 9.59 Å². The van der Waals surface area contributed by atoms with Gasteiger partial charge in [0.15, 0.2) is 5.78 Å². The molecule has 0 saturated heterocycles. The standard InChI is InChI=1S/C31H33NO4/c1-22(2)18-24-14-16-25(17-15-24)30(33)29(13-9-12-23-10-7-6-8-11-23)31(34)32(3)26-19-27(35-4)21-28(20-26)36-5/h6-17,19-22H,18H2,1-5H3/b12-9+,29-13-. The molecule has 0 spiro atoms. The maximum absolute atomic E-state index is 13.6. The topological polar surface area (TPSA) is 55.8 Å². The lowest BCUT2D eigenvalue weighted by atomic mass is 9.97. The van der Waals surface area contributed by atoms with E-state index in [1.807, 2.05) is 48.5 Å². The van der Waals surface area contributed by atoms with Crippen LogP contribution >= 0.6 is 0 Å². The molecule has 3 aromatic carbocycles. The van der Waals surface area contributed by atoms with Gasteiger partial charge in [-0.1, -0.05) is 80.6 Å². The number of hydrogen-bond donors (Lipinski definition) is 0. The van der Waals surface area contributed by atoms with Crippen LogP contribution < -0.4 is 14.4 Å². The average Bonchev–Trinajstić information content (AvgIpc) is 2.90. The maximum Gasteiger partial charge on any atom is 0.262 e. The van der Waals surface area contributed by atoms with Gasteiger partial charge in [-0.05, 0) is 29.5 Å². The normalized spacial score (nSPS) is 11.6. The number of ether oxygens (including phenoxy) is 2. The molecular weight excluding hydrogens is 450 g/mol. The molecule has 3 aromatic rings. The smallest absolute Gasteiger partial charge is 0.262 e. The van der Waals surface area contributed by atoms with Crippen LogP contribution in [0.15, 0.2) is 90.5 Å². The van der Waals surface area contributed by atoms with Gasteiger partial charge < -0.3 is 14.4 Å². The largest absolute Gasteiger partial charge is 0.497 e. The second kappa shape index (κ2) is 12.5. The summed E-state index contributed by atoms with van der Waals surface area (Å²) in [6, 6.07) is 22.4. The zero-order chi connectivity index (χ0) is 26.1. The van der Waals surface area contributed by atoms with Crippen molar-refractivity contribution in [2.75, 3.05) is 26.2 Å². The zero-order valence-corrected chi connectivity index (χ0v) is 21.5. The van der Waals surface area contributed by atoms with Crippen LogP contribution in [0, 0.1) is 5.92 Å². The van der Waals surface area contributed by atoms with Crippen LogP contribution in [0.2, 0.25) is 0 Å². The lowest BCUT2D eigenvalue weighted by molar-refractivity contribution is -0.114. The Morgan fingerprint density at radius 3 is 2.06 bits per heavy atom. The first kappa shape index (κ1) is 26.5. The van der Waals surface area contributed by atoms with Crippen molar-refractivity contribution in [3.8, 4) is 11.5 Å². The Labute approximate surface area is 213 Å². The van der Waals surface area contributed by atoms with Crippen molar-refractivity contribution in [1.82, 2.24) is 0 Å². The highest BCUT2D eigenvalue weighted by molar-refractivity contribution is 6.29. The molecule has 0 aliphatic carbocycles. The zero-order valence-electron chi connectivity index (χ0n) is 21.5. The summed E-state index contributed by atoms with van der Waals surface area (Å²) >= 11 is 0. The Morgan fingerprint density at radius 1 is 0.889 bits per heavy atom. The number of benzene rings is 3. The predicted molar refractivity (Wildman–Crippen MR) is 146 cm³/mol. The molecule has 0 N–H and O–H groups in total. The van der Waals surface area contributed by atoms with Crippen LogP contribution in [-0.4, -0.2) is 33.0 Å². The number of Topliss-reactive ketones (excluding diaryl/α,β-unsaturated/α-hetero) is 1. The van der Waals surface area contributed by atoms with Gasteiger partial charge in [0, 0.05) is 30.8 Å². The highest BCUT2D eigenvalue weighted by Gasteiger charge is 2.24. The van der Waals surface area contributed by atoms with E-state index in [0.717, 1.165) is 17.5 Å². The lowest BCUT2D eigenvalue weighted by Gasteiger charge is -2.20. The molecule has 1 amide bonds. The van der Waals surface area contributed by atoms with Crippen LogP contribution in [0.4, 0.5) is 5.69 Å². The van der Waals surface area contributed by atoms with E-state index in [9.17, 15) is 9.59 Å². The highest BCUT2D eigenvalue weighted by atomic mass is 16.5. The Kier molecular flexibility index (Phi) is 9.23. The second-order valence-corrected chi connectivity index (χ2v) is 8.91. The summed E-state index contributed by atoms with van der Waals surface area (Å²) in [5.74, 6) is 0.839. The molecular formula is C31H33NO4. The molecule has 0 atom stereocenters. The van der Waals surface area contributed by atoms with Crippen molar-refractivity contribution >= 4 is 23.5 Å². The summed E-state index contributed by atoms with van der Waals surface area (Å²) < 4.78 is 10.7. The van der Waals surface area contributed by atoms with Crippen molar-refractivity contribution in [2.24, 2.45) is 5.92 Å². The molecule has 0 saturated carbocycles. The molecule has 0 radical (unpaired) electrons. The van der Waals surface area contributed by atoms with Crippen LogP contribution in [0.1, 0.15) is 35.3 Å². The molecule has 5 nitrogen and oxygen atoms in total. The van der Waals surface area contributed by atoms with Crippen molar-refractivity contribution in [2.45, 2.75) is 20.3 Å². The van der Waals surface area contributed by atoms with Crippen molar-refractivity contribution < 1.29 is 19.1 Å². The number of carbonyl (C=O) groups excluding carboxylic acids is 2. The van der Waals surface area contributed by atoms with E-state index in [2.05, 4.69) is 13.8 Å². The highest BCUT2D eigenvalue weighted by Crippen LogP contribution is 2.29. The first-order valence-corrected chi connectivity index (χ1v) is 11.9. The second-order valence-electron chi connectivity index (χ2n) is 8.91. The van der Waals surface area contributed by atoms with Gasteiger partial charge in [0.2, 0.25) is 0 Å². The number of nitrogens with zero attached hydrogens (tertiary/aromatic N) is 1. The van der Waals surface area contributed by atoms with E-state index in [-0.39, 0.29) is 11.4 Å². The first-order chi connectivity index (χ1) is 17.3. The molecule has 0 aliphatic rings. The Bertz CT molecular complexity index is 1220. The Morgan fingerprint density at radius 2 is 1.50 bits per heavy atom. The van der Waals surface area contributed by atoms with Gasteiger partial charge in [-0.2, -0.15) is 0 Å². The lowest BCUT2D eigenvalue weighted by Crippen LogP contribution is -2.31. The molecule has 0 unspecified atom stereocenters. The van der Waals surface area contributed by atoms with E-state index < -0.39 is 5.91 Å². The maximum atomic E-state index is 13.6. The van der Waals surface area contributed by atoms with E-state index in [1.54, 1.807) is 63.8 Å². The van der Waals surface area contributed by atoms with Crippen molar-refractivity contribution in [1.29, 1.82) is 0 Å². The molecule has 3 rings (SSSR count). The fourth-order valence-electron chi connectivity index (χ4n) is 3.77. The fourth-order valence-corrected chi connectivity index (χ4v) is 3.77. The number of carbonyl (C=O) groups is 2. The summed E-state index contributed by atoms with van der Waals surface area (Å²) in [5, 5.41) is 0. The van der Waals surface area contributed by atoms with Gasteiger partial charge in [0.1, 0.15) is 11.5 Å². The summed E-state index contributed by atoms with van der Waals surface area (Å²) in [4.78, 5) is 28.6. The minimum Gasteiger partial charge on any atom is -0.497 e. The molecule has 186 valence electrons. The summed E-state index contributed by atoms with van der Waals surface area (Å²) in [6.45, 7) is 4.31. The summed E-state index contributed by atoms with van der Waals surface area (Å²) in [7, 11) is 4.73. The fraction of sp³-hybridized carbons (Fsp3) is 0.226. The quantitative estimate of drug-likeness (QED) is 0.110. The molecule has 5 heteroatoms. The molecule has 0 aromatic heterocycles. The third-order valence-electron chi connectivity index (χ3n) is 5.71. The number of amides is 1. The molecule has 36 heavy (non-hydrogen) atoms. The van der Waals surface area contributed by atoms with Gasteiger partial charge in [-0.15, -0.1) is 0 Å². The monoisotopic (exact) mass is 483 g/mol. The Hall–Kier alpha value is -4.12. The average molecular weight is 484 g/mol. The van der Waals surface area contributed by atoms with E-state index >= 15 is 0 Å². The minimum atomic E-state index is -0.431. The van der Waals surface area contributed by atoms with E-state index in [0.29, 0.717) is 28.7 Å². The predicted octanol–water partition coefficient (Wildman–Crippen LogP) is 6.39. The number of allylic oxidation sites excluding steroid dienone is 2. The minimum absolute atomic E-state index is 0.0584. The van der Waals surface area contributed by atoms with Crippen molar-refractivity contribution in [3.05, 3.63) is 107 Å². The number of anilines is 1. The van der Waals surface area contributed by atoms with Gasteiger partial charge >= 0.3 is 0 Å². The number of methoxy groups -OCH3 is 2. The van der Waals surface area contributed by atoms with Gasteiger partial charge in [0.05, 0.1) is 25.5 Å². The summed E-state index contributed by atoms with van der Waals surface area (Å²) in [6.07, 6.45) is 6.10. The molecule has 0 heterocycles. The van der Waals surface area contributed by atoms with Gasteiger partial charge in [0.25, 0.3) is 5.91 Å². The molecule has 0 bridgehead atoms. The number of hydrogen-bond acceptors (Lipinski definition) is 4. The third kappa shape index (κ3) is 6.95. The van der Waals surface area contributed by atoms with Crippen LogP contribution in [0.25, 0.3) is 6.08 Å². The number of likely N-dealkylation sites (N-methyl/N-ethyl adjacent to an activating group) is 1. The van der Waals surface area contributed by atoms with E-state index in [4.69, 9.17) is 9.47 Å². The first-order valence-electron chi connectivity index (χ1n) is 11.9. The van der Waals surface area contributed by atoms with E-state index in [1.165, 1.54) is 4.90 Å². The molecule has 0 aliphatic heterocycles. The van der Waals surface area contributed by atoms with Crippen molar-refractivity contribution in [3.63, 3.8) is 0 Å². The third-order valence-corrected chi connectivity index (χ3v) is 5.71.